The van der Waals surface area contributed by atoms with E-state index in [1.54, 1.807) is 0 Å². The van der Waals surface area contributed by atoms with Gasteiger partial charge < -0.3 is 4.90 Å². The van der Waals surface area contributed by atoms with Crippen LogP contribution < -0.4 is 4.90 Å². The fourth-order valence-corrected chi connectivity index (χ4v) is 3.46. The Bertz CT molecular complexity index is 396. The second-order valence-corrected chi connectivity index (χ2v) is 5.79. The second-order valence-electron chi connectivity index (χ2n) is 4.94. The summed E-state index contributed by atoms with van der Waals surface area (Å²) in [5, 5.41) is 0. The van der Waals surface area contributed by atoms with E-state index in [1.807, 2.05) is 12.3 Å². The molecule has 1 aromatic heterocycles. The molecule has 0 spiro atoms. The van der Waals surface area contributed by atoms with Crippen LogP contribution in [0.3, 0.4) is 0 Å². The number of rotatable bonds is 1. The Balaban J connectivity index is 1.76. The van der Waals surface area contributed by atoms with Crippen molar-refractivity contribution in [3.63, 3.8) is 0 Å². The Hall–Kier alpha value is -0.610. The Morgan fingerprint density at radius 2 is 2.18 bits per heavy atom. The first kappa shape index (κ1) is 11.5. The highest BCUT2D eigenvalue weighted by Crippen LogP contribution is 2.28. The number of pyridine rings is 1. The highest BCUT2D eigenvalue weighted by atomic mass is 79.9. The van der Waals surface area contributed by atoms with E-state index < -0.39 is 0 Å². The van der Waals surface area contributed by atoms with Gasteiger partial charge in [0, 0.05) is 31.9 Å². The molecule has 2 aliphatic rings. The Kier molecular flexibility index (Phi) is 3.34. The maximum absolute atomic E-state index is 4.50. The van der Waals surface area contributed by atoms with Crippen LogP contribution in [0.2, 0.25) is 0 Å². The highest BCUT2D eigenvalue weighted by Gasteiger charge is 2.29. The van der Waals surface area contributed by atoms with Crippen molar-refractivity contribution in [2.75, 3.05) is 31.1 Å². The van der Waals surface area contributed by atoms with Crippen LogP contribution in [0.5, 0.6) is 0 Å². The van der Waals surface area contributed by atoms with Crippen molar-refractivity contribution in [3.8, 4) is 0 Å². The maximum atomic E-state index is 4.50. The molecule has 0 N–H and O–H groups in total. The summed E-state index contributed by atoms with van der Waals surface area (Å²) in [5.41, 5.74) is 0. The zero-order valence-electron chi connectivity index (χ0n) is 9.98. The minimum Gasteiger partial charge on any atom is -0.353 e. The highest BCUT2D eigenvalue weighted by molar-refractivity contribution is 9.10. The standard InChI is InChI=1S/C13H18BrN3/c14-12-5-3-6-15-13(12)17-9-8-16-7-2-1-4-11(16)10-17/h3,5-6,11H,1-2,4,7-10H2. The number of fused-ring (bicyclic) bond motifs is 1. The van der Waals surface area contributed by atoms with E-state index in [4.69, 9.17) is 0 Å². The average Bonchev–Trinajstić information content (AvgIpc) is 2.39. The summed E-state index contributed by atoms with van der Waals surface area (Å²) in [5.74, 6) is 1.11. The maximum Gasteiger partial charge on any atom is 0.142 e. The van der Waals surface area contributed by atoms with E-state index in [1.165, 1.54) is 32.4 Å². The number of aromatic nitrogens is 1. The van der Waals surface area contributed by atoms with Gasteiger partial charge in [-0.3, -0.25) is 4.90 Å². The molecule has 3 nitrogen and oxygen atoms in total. The van der Waals surface area contributed by atoms with Gasteiger partial charge in [-0.2, -0.15) is 0 Å². The molecule has 0 saturated carbocycles. The van der Waals surface area contributed by atoms with Gasteiger partial charge in [0.15, 0.2) is 0 Å². The van der Waals surface area contributed by atoms with Crippen molar-refractivity contribution >= 4 is 21.7 Å². The smallest absolute Gasteiger partial charge is 0.142 e. The van der Waals surface area contributed by atoms with E-state index in [-0.39, 0.29) is 0 Å². The topological polar surface area (TPSA) is 19.4 Å². The molecule has 92 valence electrons. The van der Waals surface area contributed by atoms with Gasteiger partial charge >= 0.3 is 0 Å². The van der Waals surface area contributed by atoms with Crippen molar-refractivity contribution in [2.45, 2.75) is 25.3 Å². The quantitative estimate of drug-likeness (QED) is 0.794. The molecule has 1 aromatic rings. The second kappa shape index (κ2) is 4.94. The van der Waals surface area contributed by atoms with Crippen LogP contribution in [0, 0.1) is 0 Å². The van der Waals surface area contributed by atoms with Gasteiger partial charge in [-0.15, -0.1) is 0 Å². The Labute approximate surface area is 111 Å². The van der Waals surface area contributed by atoms with Crippen molar-refractivity contribution in [1.82, 2.24) is 9.88 Å². The van der Waals surface area contributed by atoms with Crippen LogP contribution in [0.25, 0.3) is 0 Å². The molecular weight excluding hydrogens is 278 g/mol. The summed E-state index contributed by atoms with van der Waals surface area (Å²) < 4.78 is 1.12. The first-order valence-electron chi connectivity index (χ1n) is 6.44. The van der Waals surface area contributed by atoms with Crippen molar-refractivity contribution < 1.29 is 0 Å². The summed E-state index contributed by atoms with van der Waals surface area (Å²) in [4.78, 5) is 9.58. The van der Waals surface area contributed by atoms with Gasteiger partial charge in [-0.05, 0) is 47.4 Å². The van der Waals surface area contributed by atoms with E-state index >= 15 is 0 Å². The van der Waals surface area contributed by atoms with E-state index in [2.05, 4.69) is 36.8 Å². The molecule has 0 aromatic carbocycles. The lowest BCUT2D eigenvalue weighted by Gasteiger charge is -2.44. The fourth-order valence-electron chi connectivity index (χ4n) is 2.96. The normalized spacial score (nSPS) is 25.7. The van der Waals surface area contributed by atoms with Crippen molar-refractivity contribution in [3.05, 3.63) is 22.8 Å². The zero-order chi connectivity index (χ0) is 11.7. The van der Waals surface area contributed by atoms with E-state index in [9.17, 15) is 0 Å². The molecule has 2 fully saturated rings. The van der Waals surface area contributed by atoms with Gasteiger partial charge in [-0.1, -0.05) is 6.42 Å². The van der Waals surface area contributed by atoms with Gasteiger partial charge in [0.05, 0.1) is 4.47 Å². The van der Waals surface area contributed by atoms with Crippen molar-refractivity contribution in [2.24, 2.45) is 0 Å². The van der Waals surface area contributed by atoms with Crippen molar-refractivity contribution in [1.29, 1.82) is 0 Å². The number of halogens is 1. The monoisotopic (exact) mass is 295 g/mol. The summed E-state index contributed by atoms with van der Waals surface area (Å²) in [6.07, 6.45) is 6.00. The molecule has 3 heterocycles. The largest absolute Gasteiger partial charge is 0.353 e. The minimum absolute atomic E-state index is 0.742. The molecule has 1 unspecified atom stereocenters. The molecule has 1 atom stereocenters. The van der Waals surface area contributed by atoms with E-state index in [0.717, 1.165) is 29.4 Å². The molecule has 0 radical (unpaired) electrons. The minimum atomic E-state index is 0.742. The lowest BCUT2D eigenvalue weighted by Crippen LogP contribution is -2.55. The van der Waals surface area contributed by atoms with Gasteiger partial charge in [0.2, 0.25) is 0 Å². The number of hydrogen-bond acceptors (Lipinski definition) is 3. The average molecular weight is 296 g/mol. The Morgan fingerprint density at radius 1 is 1.24 bits per heavy atom. The van der Waals surface area contributed by atoms with Gasteiger partial charge in [0.1, 0.15) is 5.82 Å². The summed E-state index contributed by atoms with van der Waals surface area (Å²) in [6, 6.07) is 4.80. The van der Waals surface area contributed by atoms with Crippen LogP contribution in [0.4, 0.5) is 5.82 Å². The predicted octanol–water partition coefficient (Wildman–Crippen LogP) is 2.52. The van der Waals surface area contributed by atoms with Crippen LogP contribution >= 0.6 is 15.9 Å². The third-order valence-corrected chi connectivity index (χ3v) is 4.49. The first-order valence-corrected chi connectivity index (χ1v) is 7.23. The molecule has 0 bridgehead atoms. The number of hydrogen-bond donors (Lipinski definition) is 0. The molecule has 17 heavy (non-hydrogen) atoms. The third-order valence-electron chi connectivity index (χ3n) is 3.88. The van der Waals surface area contributed by atoms with Crippen LogP contribution in [-0.2, 0) is 0 Å². The molecule has 0 amide bonds. The third kappa shape index (κ3) is 2.33. The number of anilines is 1. The number of piperidine rings is 1. The molecular formula is C13H18BrN3. The van der Waals surface area contributed by atoms with Crippen LogP contribution in [0.15, 0.2) is 22.8 Å². The molecule has 2 saturated heterocycles. The van der Waals surface area contributed by atoms with Crippen LogP contribution in [0.1, 0.15) is 19.3 Å². The lowest BCUT2D eigenvalue weighted by atomic mass is 9.99. The summed E-state index contributed by atoms with van der Waals surface area (Å²) in [7, 11) is 0. The summed E-state index contributed by atoms with van der Waals surface area (Å²) in [6.45, 7) is 4.72. The summed E-state index contributed by atoms with van der Waals surface area (Å²) >= 11 is 3.60. The van der Waals surface area contributed by atoms with Crippen LogP contribution in [-0.4, -0.2) is 42.1 Å². The Morgan fingerprint density at radius 3 is 3.06 bits per heavy atom. The van der Waals surface area contributed by atoms with E-state index in [0.29, 0.717) is 0 Å². The van der Waals surface area contributed by atoms with Gasteiger partial charge in [0.25, 0.3) is 0 Å². The molecule has 2 aliphatic heterocycles. The molecule has 3 rings (SSSR count). The SMILES string of the molecule is Brc1cccnc1N1CCN2CCCCC2C1. The molecule has 4 heteroatoms. The lowest BCUT2D eigenvalue weighted by molar-refractivity contribution is 0.133. The van der Waals surface area contributed by atoms with Gasteiger partial charge in [-0.25, -0.2) is 4.98 Å². The molecule has 0 aliphatic carbocycles. The first-order chi connectivity index (χ1) is 8.34. The predicted molar refractivity (Wildman–Crippen MR) is 73.4 cm³/mol. The zero-order valence-corrected chi connectivity index (χ0v) is 11.6. The fraction of sp³-hybridized carbons (Fsp3) is 0.615. The number of nitrogens with zero attached hydrogens (tertiary/aromatic N) is 3. The number of piperazine rings is 1.